The molecule has 1 nitrogen and oxygen atoms in total. The molecule has 0 fully saturated rings. The Labute approximate surface area is 187 Å². The van der Waals surface area contributed by atoms with Gasteiger partial charge in [-0.1, -0.05) is 127 Å². The number of aldehydes is 1. The van der Waals surface area contributed by atoms with Crippen LogP contribution in [0, 0.1) is 0 Å². The third-order valence-corrected chi connectivity index (χ3v) is 5.90. The second-order valence-electron chi connectivity index (χ2n) is 7.04. The number of hydrogen-bond acceptors (Lipinski definition) is 2. The van der Waals surface area contributed by atoms with Crippen molar-refractivity contribution in [3.8, 4) is 0 Å². The van der Waals surface area contributed by atoms with E-state index >= 15 is 0 Å². The van der Waals surface area contributed by atoms with Crippen molar-refractivity contribution in [1.29, 1.82) is 0 Å². The van der Waals surface area contributed by atoms with Crippen LogP contribution in [0.1, 0.15) is 32.6 Å². The van der Waals surface area contributed by atoms with Gasteiger partial charge in [0.15, 0.2) is 0 Å². The van der Waals surface area contributed by atoms with Gasteiger partial charge in [-0.05, 0) is 39.3 Å². The van der Waals surface area contributed by atoms with Gasteiger partial charge >= 0.3 is 0 Å². The lowest BCUT2D eigenvalue weighted by Gasteiger charge is -2.09. The molecule has 0 atom stereocenters. The molecule has 0 saturated heterocycles. The number of carbonyl (C=O) groups is 1. The normalized spacial score (nSPS) is 10.7. The molecule has 4 aromatic rings. The lowest BCUT2D eigenvalue weighted by molar-refractivity contribution is 0.112. The molecule has 0 radical (unpaired) electrons. The maximum Gasteiger partial charge on any atom is 0.150 e. The van der Waals surface area contributed by atoms with E-state index in [1.54, 1.807) is 11.8 Å². The molecule has 0 amide bonds. The first kappa shape index (κ1) is 20.6. The number of benzene rings is 4. The molecule has 4 aromatic carbocycles. The Kier molecular flexibility index (Phi) is 6.94. The molecule has 0 heterocycles. The zero-order valence-electron chi connectivity index (χ0n) is 17.0. The summed E-state index contributed by atoms with van der Waals surface area (Å²) in [6.07, 6.45) is 5.06. The van der Waals surface area contributed by atoms with Gasteiger partial charge in [-0.15, -0.1) is 0 Å². The van der Waals surface area contributed by atoms with Crippen molar-refractivity contribution >= 4 is 35.8 Å². The van der Waals surface area contributed by atoms with Gasteiger partial charge in [-0.3, -0.25) is 4.79 Å². The van der Waals surface area contributed by atoms with Crippen LogP contribution in [-0.4, -0.2) is 6.29 Å². The summed E-state index contributed by atoms with van der Waals surface area (Å²) >= 11 is 1.73. The van der Waals surface area contributed by atoms with Gasteiger partial charge in [-0.2, -0.15) is 0 Å². The first-order chi connectivity index (χ1) is 15.3. The quantitative estimate of drug-likeness (QED) is 0.173. The van der Waals surface area contributed by atoms with Gasteiger partial charge in [-0.25, -0.2) is 0 Å². The lowest BCUT2D eigenvalue weighted by atomic mass is 10.00. The fourth-order valence-electron chi connectivity index (χ4n) is 3.26. The lowest BCUT2D eigenvalue weighted by Crippen LogP contribution is -1.87. The van der Waals surface area contributed by atoms with Crippen LogP contribution in [0.4, 0.5) is 0 Å². The van der Waals surface area contributed by atoms with Gasteiger partial charge in [0.1, 0.15) is 6.29 Å². The van der Waals surface area contributed by atoms with Gasteiger partial charge in [0.05, 0.1) is 0 Å². The topological polar surface area (TPSA) is 17.1 Å². The standard InChI is InChI=1S/C29H22OS/c30-21-24-17-15-23(16-18-24)19-20-27-13-7-8-14-29(27)31-22-28(25-9-3-1-4-10-25)26-11-5-2-6-12-26/h1-22H. The van der Waals surface area contributed by atoms with E-state index in [2.05, 4.69) is 90.4 Å². The third-order valence-electron chi connectivity index (χ3n) is 4.92. The highest BCUT2D eigenvalue weighted by Gasteiger charge is 2.06. The molecule has 4 rings (SSSR count). The minimum Gasteiger partial charge on any atom is -0.298 e. The van der Waals surface area contributed by atoms with Crippen molar-refractivity contribution in [3.05, 3.63) is 142 Å². The van der Waals surface area contributed by atoms with Crippen molar-refractivity contribution in [2.45, 2.75) is 4.90 Å². The molecule has 0 bridgehead atoms. The first-order valence-corrected chi connectivity index (χ1v) is 11.0. The monoisotopic (exact) mass is 418 g/mol. The second-order valence-corrected chi connectivity index (χ2v) is 7.95. The fourth-order valence-corrected chi connectivity index (χ4v) is 4.20. The largest absolute Gasteiger partial charge is 0.298 e. The van der Waals surface area contributed by atoms with Crippen molar-refractivity contribution in [2.24, 2.45) is 0 Å². The predicted octanol–water partition coefficient (Wildman–Crippen LogP) is 7.85. The average molecular weight is 419 g/mol. The first-order valence-electron chi connectivity index (χ1n) is 10.1. The molecule has 150 valence electrons. The van der Waals surface area contributed by atoms with Crippen molar-refractivity contribution < 1.29 is 4.79 Å². The fraction of sp³-hybridized carbons (Fsp3) is 0. The molecule has 0 aliphatic rings. The number of hydrogen-bond donors (Lipinski definition) is 0. The van der Waals surface area contributed by atoms with E-state index in [-0.39, 0.29) is 0 Å². The van der Waals surface area contributed by atoms with E-state index in [9.17, 15) is 4.79 Å². The van der Waals surface area contributed by atoms with E-state index in [1.807, 2.05) is 36.4 Å². The molecular weight excluding hydrogens is 396 g/mol. The number of thioether (sulfide) groups is 1. The Bertz CT molecular complexity index is 1150. The minimum atomic E-state index is 0.688. The summed E-state index contributed by atoms with van der Waals surface area (Å²) in [4.78, 5) is 12.0. The summed E-state index contributed by atoms with van der Waals surface area (Å²) in [5, 5.41) is 2.23. The summed E-state index contributed by atoms with van der Waals surface area (Å²) in [5.74, 6) is 0. The van der Waals surface area contributed by atoms with Gasteiger partial charge in [0.2, 0.25) is 0 Å². The molecule has 0 unspecified atom stereocenters. The Balaban J connectivity index is 1.63. The third kappa shape index (κ3) is 5.50. The van der Waals surface area contributed by atoms with Gasteiger partial charge < -0.3 is 0 Å². The van der Waals surface area contributed by atoms with E-state index < -0.39 is 0 Å². The molecule has 0 aliphatic carbocycles. The SMILES string of the molecule is O=Cc1ccc(C=Cc2ccccc2SC=C(c2ccccc2)c2ccccc2)cc1. The molecular formula is C29H22OS. The van der Waals surface area contributed by atoms with Crippen LogP contribution in [-0.2, 0) is 0 Å². The predicted molar refractivity (Wildman–Crippen MR) is 133 cm³/mol. The minimum absolute atomic E-state index is 0.688. The molecule has 0 aromatic heterocycles. The summed E-state index contributed by atoms with van der Waals surface area (Å²) in [5.41, 5.74) is 6.51. The highest BCUT2D eigenvalue weighted by atomic mass is 32.2. The summed E-state index contributed by atoms with van der Waals surface area (Å²) < 4.78 is 0. The van der Waals surface area contributed by atoms with Gasteiger partial charge in [0.25, 0.3) is 0 Å². The Morgan fingerprint density at radius 1 is 0.581 bits per heavy atom. The highest BCUT2D eigenvalue weighted by molar-refractivity contribution is 8.02. The zero-order valence-corrected chi connectivity index (χ0v) is 17.8. The van der Waals surface area contributed by atoms with E-state index in [0.29, 0.717) is 5.56 Å². The van der Waals surface area contributed by atoms with Crippen LogP contribution in [0.25, 0.3) is 17.7 Å². The van der Waals surface area contributed by atoms with Crippen LogP contribution < -0.4 is 0 Å². The maximum atomic E-state index is 10.8. The zero-order chi connectivity index (χ0) is 21.3. The van der Waals surface area contributed by atoms with Crippen LogP contribution in [0.3, 0.4) is 0 Å². The molecule has 0 aliphatic heterocycles. The van der Waals surface area contributed by atoms with Crippen molar-refractivity contribution in [1.82, 2.24) is 0 Å². The van der Waals surface area contributed by atoms with Crippen molar-refractivity contribution in [3.63, 3.8) is 0 Å². The molecule has 0 saturated carbocycles. The molecule has 0 spiro atoms. The van der Waals surface area contributed by atoms with E-state index in [4.69, 9.17) is 0 Å². The molecule has 31 heavy (non-hydrogen) atoms. The van der Waals surface area contributed by atoms with Crippen LogP contribution in [0.15, 0.2) is 119 Å². The van der Waals surface area contributed by atoms with Crippen molar-refractivity contribution in [2.75, 3.05) is 0 Å². The molecule has 0 N–H and O–H groups in total. The maximum absolute atomic E-state index is 10.8. The van der Waals surface area contributed by atoms with Crippen LogP contribution in [0.2, 0.25) is 0 Å². The Hall–Kier alpha value is -3.62. The number of rotatable bonds is 7. The highest BCUT2D eigenvalue weighted by Crippen LogP contribution is 2.32. The summed E-state index contributed by atoms with van der Waals surface area (Å²) in [6.45, 7) is 0. The summed E-state index contributed by atoms with van der Waals surface area (Å²) in [6, 6.07) is 36.9. The summed E-state index contributed by atoms with van der Waals surface area (Å²) in [7, 11) is 0. The van der Waals surface area contributed by atoms with Crippen LogP contribution in [0.5, 0.6) is 0 Å². The number of carbonyl (C=O) groups excluding carboxylic acids is 1. The molecule has 2 heteroatoms. The smallest absolute Gasteiger partial charge is 0.150 e. The Morgan fingerprint density at radius 2 is 1.13 bits per heavy atom. The van der Waals surface area contributed by atoms with E-state index in [0.717, 1.165) is 17.4 Å². The average Bonchev–Trinajstić information content (AvgIpc) is 2.85. The van der Waals surface area contributed by atoms with E-state index in [1.165, 1.54) is 21.6 Å². The second kappa shape index (κ2) is 10.4. The van der Waals surface area contributed by atoms with Crippen LogP contribution >= 0.6 is 11.8 Å². The van der Waals surface area contributed by atoms with Gasteiger partial charge in [0, 0.05) is 10.5 Å². The Morgan fingerprint density at radius 3 is 1.74 bits per heavy atom.